The van der Waals surface area contributed by atoms with Crippen molar-refractivity contribution in [1.29, 1.82) is 0 Å². The third-order valence-electron chi connectivity index (χ3n) is 3.69. The first-order chi connectivity index (χ1) is 12.3. The third-order valence-corrected chi connectivity index (χ3v) is 3.69. The maximum atomic E-state index is 12.7. The zero-order valence-corrected chi connectivity index (χ0v) is 13.9. The highest BCUT2D eigenvalue weighted by Crippen LogP contribution is 2.32. The molecule has 6 nitrogen and oxygen atoms in total. The quantitative estimate of drug-likeness (QED) is 0.567. The van der Waals surface area contributed by atoms with Gasteiger partial charge >= 0.3 is 6.18 Å². The first kappa shape index (κ1) is 17.6. The molecule has 26 heavy (non-hydrogen) atoms. The molecule has 2 aromatic heterocycles. The molecule has 0 aliphatic rings. The number of nitrogens with zero attached hydrogens (tertiary/aromatic N) is 5. The smallest absolute Gasteiger partial charge is 0.382 e. The summed E-state index contributed by atoms with van der Waals surface area (Å²) in [6.45, 7) is 0.450. The molecule has 0 saturated heterocycles. The zero-order valence-electron chi connectivity index (χ0n) is 13.9. The number of alkyl halides is 3. The summed E-state index contributed by atoms with van der Waals surface area (Å²) in [7, 11) is 1.92. The average molecular weight is 361 g/mol. The van der Waals surface area contributed by atoms with E-state index in [0.717, 1.165) is 17.7 Å². The molecule has 0 fully saturated rings. The molecule has 2 N–H and O–H groups in total. The van der Waals surface area contributed by atoms with Crippen molar-refractivity contribution in [3.05, 3.63) is 66.1 Å². The van der Waals surface area contributed by atoms with Gasteiger partial charge in [-0.05, 0) is 23.8 Å². The number of pyridine rings is 1. The predicted octanol–water partition coefficient (Wildman–Crippen LogP) is 3.77. The van der Waals surface area contributed by atoms with Crippen molar-refractivity contribution in [3.8, 4) is 0 Å². The summed E-state index contributed by atoms with van der Waals surface area (Å²) in [4.78, 5) is 0. The van der Waals surface area contributed by atoms with Gasteiger partial charge in [-0.1, -0.05) is 6.07 Å². The Labute approximate surface area is 147 Å². The zero-order chi connectivity index (χ0) is 18.7. The highest BCUT2D eigenvalue weighted by molar-refractivity contribution is 5.56. The van der Waals surface area contributed by atoms with Gasteiger partial charge in [0.05, 0.1) is 24.0 Å². The number of rotatable bonds is 4. The van der Waals surface area contributed by atoms with Crippen LogP contribution in [0.4, 0.5) is 30.4 Å². The van der Waals surface area contributed by atoms with E-state index in [1.54, 1.807) is 4.68 Å². The molecule has 134 valence electrons. The first-order valence-corrected chi connectivity index (χ1v) is 7.67. The Morgan fingerprint density at radius 1 is 1.15 bits per heavy atom. The second-order valence-corrected chi connectivity index (χ2v) is 5.69. The number of halogens is 3. The monoisotopic (exact) mass is 361 g/mol. The molecule has 0 spiro atoms. The molecule has 9 heteroatoms. The van der Waals surface area contributed by atoms with Crippen molar-refractivity contribution >= 4 is 17.2 Å². The van der Waals surface area contributed by atoms with Gasteiger partial charge in [-0.3, -0.25) is 0 Å². The normalized spacial score (nSPS) is 12.0. The number of benzene rings is 1. The van der Waals surface area contributed by atoms with E-state index < -0.39 is 11.7 Å². The van der Waals surface area contributed by atoms with Gasteiger partial charge in [-0.2, -0.15) is 23.4 Å². The maximum absolute atomic E-state index is 12.7. The van der Waals surface area contributed by atoms with E-state index in [4.69, 9.17) is 5.73 Å². The standard InChI is InChI=1S/C17H16F3N6/c1-25-7-5-12(6-8-25)11-26-16(21)15(10-22-26)24-23-14-4-2-3-13(9-14)17(18,19)20/h2-10H,11,21H2,1H3/q+1. The molecular formula is C17H16F3N6+. The van der Waals surface area contributed by atoms with E-state index in [9.17, 15) is 13.2 Å². The molecule has 1 aromatic carbocycles. The average Bonchev–Trinajstić information content (AvgIpc) is 2.95. The topological polar surface area (TPSA) is 72.4 Å². The lowest BCUT2D eigenvalue weighted by Gasteiger charge is -2.06. The summed E-state index contributed by atoms with van der Waals surface area (Å²) in [5.41, 5.74) is 6.60. The summed E-state index contributed by atoms with van der Waals surface area (Å²) < 4.78 is 41.6. The van der Waals surface area contributed by atoms with Crippen LogP contribution in [0.25, 0.3) is 0 Å². The van der Waals surface area contributed by atoms with Crippen molar-refractivity contribution in [2.24, 2.45) is 17.3 Å². The molecule has 3 aromatic rings. The second-order valence-electron chi connectivity index (χ2n) is 5.69. The summed E-state index contributed by atoms with van der Waals surface area (Å²) in [6.07, 6.45) is 0.809. The minimum Gasteiger partial charge on any atom is -0.382 e. The Kier molecular flexibility index (Phi) is 4.70. The van der Waals surface area contributed by atoms with E-state index in [1.807, 2.05) is 36.1 Å². The maximum Gasteiger partial charge on any atom is 0.416 e. The van der Waals surface area contributed by atoms with Gasteiger partial charge < -0.3 is 5.73 Å². The largest absolute Gasteiger partial charge is 0.416 e. The Balaban J connectivity index is 1.78. The van der Waals surface area contributed by atoms with Gasteiger partial charge in [-0.15, -0.1) is 5.11 Å². The van der Waals surface area contributed by atoms with E-state index in [2.05, 4.69) is 15.3 Å². The second kappa shape index (κ2) is 6.95. The van der Waals surface area contributed by atoms with Crippen LogP contribution in [-0.2, 0) is 19.8 Å². The molecule has 0 amide bonds. The minimum absolute atomic E-state index is 0.0857. The molecule has 2 heterocycles. The van der Waals surface area contributed by atoms with Gasteiger partial charge in [0.25, 0.3) is 0 Å². The summed E-state index contributed by atoms with van der Waals surface area (Å²) in [5.74, 6) is 0.286. The van der Waals surface area contributed by atoms with Gasteiger partial charge in [-0.25, -0.2) is 9.25 Å². The number of anilines is 1. The fourth-order valence-electron chi connectivity index (χ4n) is 2.25. The molecule has 0 unspecified atom stereocenters. The SMILES string of the molecule is C[n+]1ccc(Cn2ncc(N=Nc3cccc(C(F)(F)F)c3)c2N)cc1. The molecule has 0 saturated carbocycles. The van der Waals surface area contributed by atoms with Crippen molar-refractivity contribution in [2.45, 2.75) is 12.7 Å². The Morgan fingerprint density at radius 3 is 2.58 bits per heavy atom. The lowest BCUT2D eigenvalue weighted by molar-refractivity contribution is -0.671. The number of nitrogen functional groups attached to an aromatic ring is 1. The number of aryl methyl sites for hydroxylation is 1. The number of azo groups is 1. The lowest BCUT2D eigenvalue weighted by Crippen LogP contribution is -2.26. The van der Waals surface area contributed by atoms with E-state index >= 15 is 0 Å². The highest BCUT2D eigenvalue weighted by Gasteiger charge is 2.30. The summed E-state index contributed by atoms with van der Waals surface area (Å²) in [6, 6.07) is 8.48. The number of hydrogen-bond acceptors (Lipinski definition) is 4. The Bertz CT molecular complexity index is 928. The number of aromatic nitrogens is 3. The molecule has 0 aliphatic carbocycles. The van der Waals surface area contributed by atoms with Crippen LogP contribution in [0, 0.1) is 0 Å². The van der Waals surface area contributed by atoms with Crippen LogP contribution >= 0.6 is 0 Å². The van der Waals surface area contributed by atoms with Gasteiger partial charge in [0.2, 0.25) is 0 Å². The fourth-order valence-corrected chi connectivity index (χ4v) is 2.25. The first-order valence-electron chi connectivity index (χ1n) is 7.67. The summed E-state index contributed by atoms with van der Waals surface area (Å²) >= 11 is 0. The highest BCUT2D eigenvalue weighted by atomic mass is 19.4. The van der Waals surface area contributed by atoms with Crippen LogP contribution < -0.4 is 10.3 Å². The van der Waals surface area contributed by atoms with Crippen molar-refractivity contribution in [2.75, 3.05) is 5.73 Å². The summed E-state index contributed by atoms with van der Waals surface area (Å²) in [5, 5.41) is 11.9. The predicted molar refractivity (Wildman–Crippen MR) is 89.0 cm³/mol. The van der Waals surface area contributed by atoms with Crippen molar-refractivity contribution in [1.82, 2.24) is 9.78 Å². The molecule has 0 aliphatic heterocycles. The Morgan fingerprint density at radius 2 is 1.88 bits per heavy atom. The molecule has 0 bridgehead atoms. The third kappa shape index (κ3) is 4.05. The van der Waals surface area contributed by atoms with E-state index in [-0.39, 0.29) is 11.5 Å². The van der Waals surface area contributed by atoms with Gasteiger partial charge in [0, 0.05) is 12.1 Å². The lowest BCUT2D eigenvalue weighted by atomic mass is 10.2. The van der Waals surface area contributed by atoms with E-state index in [0.29, 0.717) is 12.2 Å². The molecule has 3 rings (SSSR count). The number of hydrogen-bond donors (Lipinski definition) is 1. The van der Waals surface area contributed by atoms with Crippen molar-refractivity contribution < 1.29 is 17.7 Å². The van der Waals surface area contributed by atoms with E-state index in [1.165, 1.54) is 18.3 Å². The van der Waals surface area contributed by atoms with Crippen LogP contribution in [0.5, 0.6) is 0 Å². The van der Waals surface area contributed by atoms with Gasteiger partial charge in [0.15, 0.2) is 12.4 Å². The minimum atomic E-state index is -4.43. The fraction of sp³-hybridized carbons (Fsp3) is 0.176. The molecular weight excluding hydrogens is 345 g/mol. The van der Waals surface area contributed by atoms with Crippen LogP contribution in [-0.4, -0.2) is 9.78 Å². The molecule has 0 radical (unpaired) electrons. The van der Waals surface area contributed by atoms with Crippen LogP contribution in [0.15, 0.2) is 65.2 Å². The Hall–Kier alpha value is -3.23. The van der Waals surface area contributed by atoms with Crippen LogP contribution in [0.1, 0.15) is 11.1 Å². The van der Waals surface area contributed by atoms with Crippen LogP contribution in [0.2, 0.25) is 0 Å². The van der Waals surface area contributed by atoms with Gasteiger partial charge in [0.1, 0.15) is 18.6 Å². The van der Waals surface area contributed by atoms with Crippen molar-refractivity contribution in [3.63, 3.8) is 0 Å². The molecule has 0 atom stereocenters. The number of nitrogens with two attached hydrogens (primary N) is 1. The van der Waals surface area contributed by atoms with Crippen LogP contribution in [0.3, 0.4) is 0 Å².